The fourth-order valence-corrected chi connectivity index (χ4v) is 13.3. The average molecular weight is 1280 g/mol. The van der Waals surface area contributed by atoms with Crippen molar-refractivity contribution in [2.45, 2.75) is 482 Å². The topological polar surface area (TPSA) is 95.9 Å². The maximum absolute atomic E-state index is 12.5. The number of hydrogen-bond donors (Lipinski definition) is 3. The van der Waals surface area contributed by atoms with Crippen LogP contribution in [0.1, 0.15) is 470 Å². The van der Waals surface area contributed by atoms with E-state index in [-0.39, 0.29) is 18.5 Å². The number of aliphatic hydroxyl groups is 2. The first kappa shape index (κ1) is 89.1. The molecule has 0 fully saturated rings. The van der Waals surface area contributed by atoms with Gasteiger partial charge in [0.15, 0.2) is 0 Å². The van der Waals surface area contributed by atoms with Crippen LogP contribution >= 0.6 is 0 Å². The highest BCUT2D eigenvalue weighted by molar-refractivity contribution is 5.76. The summed E-state index contributed by atoms with van der Waals surface area (Å²) >= 11 is 0. The standard InChI is InChI=1S/C85H163NO5/c1-3-5-7-9-11-13-15-17-19-21-22-40-43-46-49-53-57-61-65-69-73-77-83(88)82(81-87)86-84(89)78-74-70-66-62-58-54-50-47-44-41-38-36-34-32-30-28-26-24-23-25-27-29-31-33-35-37-39-42-45-48-52-56-60-64-68-72-76-80-91-85(90)79-75-71-67-63-59-55-51-20-18-16-14-12-10-8-6-4-2/h20,23,25,51,73,77,82-83,87-88H,3-19,21-22,24,26-50,52-72,74-76,78-81H2,1-2H3,(H,86,89)/b25-23-,51-20-,77-73+. The van der Waals surface area contributed by atoms with Crippen LogP contribution in [0.5, 0.6) is 0 Å². The van der Waals surface area contributed by atoms with Gasteiger partial charge in [0.1, 0.15) is 0 Å². The number of aliphatic hydroxyl groups excluding tert-OH is 2. The highest BCUT2D eigenvalue weighted by atomic mass is 16.5. The normalized spacial score (nSPS) is 12.6. The lowest BCUT2D eigenvalue weighted by Crippen LogP contribution is -2.45. The largest absolute Gasteiger partial charge is 0.466 e. The Morgan fingerprint density at radius 1 is 0.297 bits per heavy atom. The van der Waals surface area contributed by atoms with E-state index in [2.05, 4.69) is 43.5 Å². The second-order valence-corrected chi connectivity index (χ2v) is 28.8. The van der Waals surface area contributed by atoms with Crippen LogP contribution in [0.3, 0.4) is 0 Å². The van der Waals surface area contributed by atoms with Crippen LogP contribution in [0.15, 0.2) is 36.5 Å². The summed E-state index contributed by atoms with van der Waals surface area (Å²) in [6.07, 6.45) is 106. The van der Waals surface area contributed by atoms with Crippen molar-refractivity contribution in [2.75, 3.05) is 13.2 Å². The lowest BCUT2D eigenvalue weighted by atomic mass is 10.0. The first-order valence-corrected chi connectivity index (χ1v) is 41.8. The lowest BCUT2D eigenvalue weighted by molar-refractivity contribution is -0.143. The first-order valence-electron chi connectivity index (χ1n) is 41.8. The zero-order chi connectivity index (χ0) is 65.6. The molecule has 0 bridgehead atoms. The molecule has 0 aliphatic heterocycles. The lowest BCUT2D eigenvalue weighted by Gasteiger charge is -2.20. The monoisotopic (exact) mass is 1280 g/mol. The minimum absolute atomic E-state index is 0.0147. The maximum atomic E-state index is 12.5. The molecule has 0 aliphatic rings. The van der Waals surface area contributed by atoms with Crippen molar-refractivity contribution >= 4 is 11.9 Å². The summed E-state index contributed by atoms with van der Waals surface area (Å²) in [5, 5.41) is 23.3. The zero-order valence-corrected chi connectivity index (χ0v) is 61.9. The highest BCUT2D eigenvalue weighted by Gasteiger charge is 2.18. The molecule has 0 saturated heterocycles. The molecule has 0 heterocycles. The molecule has 0 aromatic carbocycles. The third-order valence-corrected chi connectivity index (χ3v) is 19.6. The summed E-state index contributed by atoms with van der Waals surface area (Å²) in [5.74, 6) is -0.0446. The Balaban J connectivity index is 3.35. The quantitative estimate of drug-likeness (QED) is 0.0320. The Morgan fingerprint density at radius 2 is 0.516 bits per heavy atom. The van der Waals surface area contributed by atoms with E-state index in [1.807, 2.05) is 6.08 Å². The summed E-state index contributed by atoms with van der Waals surface area (Å²) in [7, 11) is 0. The number of ether oxygens (including phenoxy) is 1. The Labute approximate surface area is 570 Å². The number of carbonyl (C=O) groups excluding carboxylic acids is 2. The van der Waals surface area contributed by atoms with Gasteiger partial charge in [-0.2, -0.15) is 0 Å². The van der Waals surface area contributed by atoms with E-state index in [0.717, 1.165) is 44.9 Å². The average Bonchev–Trinajstić information content (AvgIpc) is 3.66. The smallest absolute Gasteiger partial charge is 0.305 e. The van der Waals surface area contributed by atoms with Crippen molar-refractivity contribution in [3.63, 3.8) is 0 Å². The van der Waals surface area contributed by atoms with Crippen LogP contribution in [0.2, 0.25) is 0 Å². The number of nitrogens with one attached hydrogen (secondary N) is 1. The van der Waals surface area contributed by atoms with E-state index in [4.69, 9.17) is 4.74 Å². The molecular weight excluding hydrogens is 1110 g/mol. The summed E-state index contributed by atoms with van der Waals surface area (Å²) in [4.78, 5) is 24.6. The molecule has 538 valence electrons. The van der Waals surface area contributed by atoms with Crippen LogP contribution in [-0.2, 0) is 14.3 Å². The summed E-state index contributed by atoms with van der Waals surface area (Å²) in [6, 6.07) is -0.626. The van der Waals surface area contributed by atoms with E-state index < -0.39 is 12.1 Å². The van der Waals surface area contributed by atoms with E-state index in [1.165, 1.54) is 398 Å². The number of rotatable bonds is 79. The summed E-state index contributed by atoms with van der Waals surface area (Å²) in [6.45, 7) is 4.95. The molecule has 3 N–H and O–H groups in total. The number of allylic oxidation sites excluding steroid dienone is 5. The minimum atomic E-state index is -0.843. The third-order valence-electron chi connectivity index (χ3n) is 19.6. The molecule has 6 heteroatoms. The number of carbonyl (C=O) groups is 2. The van der Waals surface area contributed by atoms with Gasteiger partial charge in [-0.25, -0.2) is 0 Å². The van der Waals surface area contributed by atoms with Gasteiger partial charge in [-0.1, -0.05) is 410 Å². The van der Waals surface area contributed by atoms with Gasteiger partial charge >= 0.3 is 5.97 Å². The first-order chi connectivity index (χ1) is 45.0. The van der Waals surface area contributed by atoms with Gasteiger partial charge < -0.3 is 20.3 Å². The second kappa shape index (κ2) is 80.5. The van der Waals surface area contributed by atoms with Gasteiger partial charge in [0.2, 0.25) is 5.91 Å². The van der Waals surface area contributed by atoms with Gasteiger partial charge in [-0.05, 0) is 83.5 Å². The fourth-order valence-electron chi connectivity index (χ4n) is 13.3. The Bertz CT molecular complexity index is 1470. The van der Waals surface area contributed by atoms with Gasteiger partial charge in [0.25, 0.3) is 0 Å². The zero-order valence-electron chi connectivity index (χ0n) is 61.9. The van der Waals surface area contributed by atoms with Crippen molar-refractivity contribution < 1.29 is 24.5 Å². The van der Waals surface area contributed by atoms with Crippen molar-refractivity contribution in [3.8, 4) is 0 Å². The minimum Gasteiger partial charge on any atom is -0.466 e. The number of esters is 1. The number of amides is 1. The van der Waals surface area contributed by atoms with Crippen LogP contribution < -0.4 is 5.32 Å². The number of unbranched alkanes of at least 4 members (excludes halogenated alkanes) is 64. The number of hydrogen-bond acceptors (Lipinski definition) is 5. The molecule has 0 aliphatic carbocycles. The predicted molar refractivity (Wildman–Crippen MR) is 403 cm³/mol. The van der Waals surface area contributed by atoms with Gasteiger partial charge in [0, 0.05) is 12.8 Å². The van der Waals surface area contributed by atoms with Crippen LogP contribution in [0.25, 0.3) is 0 Å². The van der Waals surface area contributed by atoms with E-state index >= 15 is 0 Å². The second-order valence-electron chi connectivity index (χ2n) is 28.8. The molecule has 0 radical (unpaired) electrons. The van der Waals surface area contributed by atoms with Crippen molar-refractivity contribution in [1.29, 1.82) is 0 Å². The molecule has 2 atom stereocenters. The molecule has 91 heavy (non-hydrogen) atoms. The van der Waals surface area contributed by atoms with E-state index in [1.54, 1.807) is 6.08 Å². The van der Waals surface area contributed by atoms with Crippen LogP contribution in [0.4, 0.5) is 0 Å². The highest BCUT2D eigenvalue weighted by Crippen LogP contribution is 2.20. The molecule has 0 aromatic rings. The van der Waals surface area contributed by atoms with E-state index in [9.17, 15) is 19.8 Å². The summed E-state index contributed by atoms with van der Waals surface area (Å²) in [5.41, 5.74) is 0. The van der Waals surface area contributed by atoms with Crippen molar-refractivity contribution in [3.05, 3.63) is 36.5 Å². The Kier molecular flexibility index (Phi) is 78.8. The third kappa shape index (κ3) is 77.0. The SMILES string of the molecule is CCCCCCCCC/C=C\CCCCCCCC(=O)OCCCCCCCCCCCCCCCCCC/C=C\CCCCCCCCCCCCCCCCCCCC(=O)NC(CO)C(O)/C=C/CCCCCCCCCCCCCCCCCCCCC. The molecule has 0 aromatic heterocycles. The maximum Gasteiger partial charge on any atom is 0.305 e. The van der Waals surface area contributed by atoms with Crippen molar-refractivity contribution in [2.24, 2.45) is 0 Å². The Morgan fingerprint density at radius 3 is 0.780 bits per heavy atom. The van der Waals surface area contributed by atoms with Crippen LogP contribution in [-0.4, -0.2) is 47.4 Å². The molecule has 0 spiro atoms. The van der Waals surface area contributed by atoms with Crippen LogP contribution in [0, 0.1) is 0 Å². The summed E-state index contributed by atoms with van der Waals surface area (Å²) < 4.78 is 5.50. The Hall–Kier alpha value is -1.92. The molecule has 0 rings (SSSR count). The van der Waals surface area contributed by atoms with Gasteiger partial charge in [-0.15, -0.1) is 0 Å². The fraction of sp³-hybridized carbons (Fsp3) is 0.906. The van der Waals surface area contributed by atoms with Gasteiger partial charge in [-0.3, -0.25) is 9.59 Å². The molecule has 2 unspecified atom stereocenters. The predicted octanol–water partition coefficient (Wildman–Crippen LogP) is 27.8. The molecular formula is C85H163NO5. The molecule has 1 amide bonds. The van der Waals surface area contributed by atoms with Gasteiger partial charge in [0.05, 0.1) is 25.4 Å². The van der Waals surface area contributed by atoms with E-state index in [0.29, 0.717) is 19.4 Å². The molecule has 6 nitrogen and oxygen atoms in total. The van der Waals surface area contributed by atoms with Crippen molar-refractivity contribution in [1.82, 2.24) is 5.32 Å². The molecule has 0 saturated carbocycles.